The van der Waals surface area contributed by atoms with Crippen LogP contribution in [-0.4, -0.2) is 28.3 Å². The molecule has 0 spiro atoms. The van der Waals surface area contributed by atoms with Crippen molar-refractivity contribution in [1.29, 1.82) is 0 Å². The number of carbonyl (C=O) groups excluding carboxylic acids is 1. The van der Waals surface area contributed by atoms with E-state index in [2.05, 4.69) is 10.4 Å². The average molecular weight is 369 g/mol. The Morgan fingerprint density at radius 3 is 2.65 bits per heavy atom. The van der Waals surface area contributed by atoms with Crippen LogP contribution in [0.15, 0.2) is 60.8 Å². The van der Waals surface area contributed by atoms with Crippen molar-refractivity contribution in [2.24, 2.45) is 12.8 Å². The molecule has 3 rings (SSSR count). The summed E-state index contributed by atoms with van der Waals surface area (Å²) in [4.78, 5) is 12.7. The Morgan fingerprint density at radius 1 is 1.23 bits per heavy atom. The predicted molar refractivity (Wildman–Crippen MR) is 104 cm³/mol. The van der Waals surface area contributed by atoms with Gasteiger partial charge in [-0.3, -0.25) is 9.48 Å². The van der Waals surface area contributed by atoms with E-state index in [4.69, 9.17) is 17.3 Å². The summed E-state index contributed by atoms with van der Waals surface area (Å²) in [7, 11) is 1.84. The van der Waals surface area contributed by atoms with Crippen LogP contribution in [0.3, 0.4) is 0 Å². The quantitative estimate of drug-likeness (QED) is 0.702. The first-order valence-electron chi connectivity index (χ1n) is 8.41. The number of halogens is 1. The Hall–Kier alpha value is -2.63. The Bertz CT molecular complexity index is 892. The highest BCUT2D eigenvalue weighted by Crippen LogP contribution is 2.28. The van der Waals surface area contributed by atoms with Gasteiger partial charge in [0.15, 0.2) is 0 Å². The van der Waals surface area contributed by atoms with Crippen LogP contribution in [0, 0.1) is 0 Å². The van der Waals surface area contributed by atoms with Crippen LogP contribution in [0.1, 0.15) is 15.9 Å². The predicted octanol–water partition coefficient (Wildman–Crippen LogP) is 3.04. The fourth-order valence-electron chi connectivity index (χ4n) is 2.86. The van der Waals surface area contributed by atoms with E-state index in [-0.39, 0.29) is 11.9 Å². The highest BCUT2D eigenvalue weighted by molar-refractivity contribution is 6.33. The van der Waals surface area contributed by atoms with Crippen molar-refractivity contribution in [2.75, 3.05) is 6.54 Å². The fourth-order valence-corrected chi connectivity index (χ4v) is 3.08. The third-order valence-corrected chi connectivity index (χ3v) is 4.60. The van der Waals surface area contributed by atoms with E-state index < -0.39 is 0 Å². The number of carbonyl (C=O) groups is 1. The Morgan fingerprint density at radius 2 is 2.00 bits per heavy atom. The summed E-state index contributed by atoms with van der Waals surface area (Å²) in [6.07, 6.45) is 2.38. The van der Waals surface area contributed by atoms with Crippen LogP contribution in [-0.2, 0) is 13.5 Å². The summed E-state index contributed by atoms with van der Waals surface area (Å²) in [5.41, 5.74) is 9.15. The molecule has 1 unspecified atom stereocenters. The van der Waals surface area contributed by atoms with Gasteiger partial charge in [-0.05, 0) is 36.2 Å². The summed E-state index contributed by atoms with van der Waals surface area (Å²) in [6, 6.07) is 16.9. The number of nitrogens with zero attached hydrogens (tertiary/aromatic N) is 2. The van der Waals surface area contributed by atoms with Crippen LogP contribution in [0.5, 0.6) is 0 Å². The number of rotatable bonds is 6. The van der Waals surface area contributed by atoms with Crippen LogP contribution < -0.4 is 11.1 Å². The molecule has 1 aromatic heterocycles. The monoisotopic (exact) mass is 368 g/mol. The lowest BCUT2D eigenvalue weighted by Crippen LogP contribution is -2.41. The molecule has 134 valence electrons. The maximum absolute atomic E-state index is 12.7. The Kier molecular flexibility index (Phi) is 5.71. The highest BCUT2D eigenvalue weighted by Gasteiger charge is 2.16. The number of nitrogens with two attached hydrogens (primary N) is 1. The van der Waals surface area contributed by atoms with Crippen molar-refractivity contribution in [3.8, 4) is 11.3 Å². The van der Waals surface area contributed by atoms with Gasteiger partial charge in [-0.2, -0.15) is 5.10 Å². The second kappa shape index (κ2) is 8.17. The number of hydrogen-bond acceptors (Lipinski definition) is 3. The van der Waals surface area contributed by atoms with Crippen molar-refractivity contribution >= 4 is 17.5 Å². The maximum Gasteiger partial charge on any atom is 0.251 e. The number of nitrogens with one attached hydrogen (secondary N) is 1. The lowest BCUT2D eigenvalue weighted by Gasteiger charge is -2.17. The van der Waals surface area contributed by atoms with E-state index in [1.54, 1.807) is 29.1 Å². The van der Waals surface area contributed by atoms with E-state index >= 15 is 0 Å². The van der Waals surface area contributed by atoms with Gasteiger partial charge in [0.25, 0.3) is 5.91 Å². The number of hydrogen-bond donors (Lipinski definition) is 2. The van der Waals surface area contributed by atoms with E-state index in [1.807, 2.05) is 43.4 Å². The van der Waals surface area contributed by atoms with Gasteiger partial charge in [-0.15, -0.1) is 0 Å². The number of aromatic nitrogens is 2. The first-order chi connectivity index (χ1) is 12.6. The lowest BCUT2D eigenvalue weighted by molar-refractivity contribution is 0.0938. The van der Waals surface area contributed by atoms with Gasteiger partial charge in [0.2, 0.25) is 0 Å². The Labute approximate surface area is 157 Å². The number of benzene rings is 2. The van der Waals surface area contributed by atoms with Crippen molar-refractivity contribution in [1.82, 2.24) is 15.1 Å². The van der Waals surface area contributed by atoms with Gasteiger partial charge in [0.05, 0.1) is 5.69 Å². The largest absolute Gasteiger partial charge is 0.348 e. The van der Waals surface area contributed by atoms with Crippen LogP contribution in [0.4, 0.5) is 0 Å². The van der Waals surface area contributed by atoms with Crippen molar-refractivity contribution in [2.45, 2.75) is 12.5 Å². The molecule has 0 radical (unpaired) electrons. The molecule has 0 fully saturated rings. The molecule has 0 aliphatic rings. The summed E-state index contributed by atoms with van der Waals surface area (Å²) < 4.78 is 1.72. The molecule has 0 bridgehead atoms. The zero-order chi connectivity index (χ0) is 18.5. The van der Waals surface area contributed by atoms with Gasteiger partial charge >= 0.3 is 0 Å². The molecular weight excluding hydrogens is 348 g/mol. The molecule has 3 aromatic rings. The van der Waals surface area contributed by atoms with Crippen LogP contribution >= 0.6 is 11.6 Å². The molecule has 0 aliphatic carbocycles. The van der Waals surface area contributed by atoms with Crippen LogP contribution in [0.2, 0.25) is 5.02 Å². The fraction of sp³-hybridized carbons (Fsp3) is 0.200. The first kappa shape index (κ1) is 18.2. The Balaban J connectivity index is 1.78. The standard InChI is InChI=1S/C20H21ClN4O/c1-25-19(9-10-23-25)17-12-15(7-8-18(17)21)20(26)24-16(13-22)11-14-5-3-2-4-6-14/h2-10,12,16H,11,13,22H2,1H3,(H,24,26). The molecule has 0 aliphatic heterocycles. The molecule has 5 nitrogen and oxygen atoms in total. The topological polar surface area (TPSA) is 72.9 Å². The van der Waals surface area contributed by atoms with Crippen molar-refractivity contribution < 1.29 is 4.79 Å². The molecule has 1 heterocycles. The molecular formula is C20H21ClN4O. The van der Waals surface area contributed by atoms with Gasteiger partial charge in [-0.25, -0.2) is 0 Å². The molecule has 0 saturated carbocycles. The van der Waals surface area contributed by atoms with E-state index in [0.29, 0.717) is 23.6 Å². The summed E-state index contributed by atoms with van der Waals surface area (Å²) in [5.74, 6) is -0.170. The first-order valence-corrected chi connectivity index (χ1v) is 8.79. The number of aryl methyl sites for hydroxylation is 1. The lowest BCUT2D eigenvalue weighted by atomic mass is 10.0. The average Bonchev–Trinajstić information content (AvgIpc) is 3.08. The van der Waals surface area contributed by atoms with E-state index in [9.17, 15) is 4.79 Å². The van der Waals surface area contributed by atoms with Gasteiger partial charge in [0, 0.05) is 42.0 Å². The SMILES string of the molecule is Cn1nccc1-c1cc(C(=O)NC(CN)Cc2ccccc2)ccc1Cl. The zero-order valence-electron chi connectivity index (χ0n) is 14.5. The van der Waals surface area contributed by atoms with Crippen molar-refractivity contribution in [3.05, 3.63) is 76.9 Å². The third-order valence-electron chi connectivity index (χ3n) is 4.27. The second-order valence-corrected chi connectivity index (χ2v) is 6.54. The third kappa shape index (κ3) is 4.12. The molecule has 3 N–H and O–H groups in total. The van der Waals surface area contributed by atoms with E-state index in [0.717, 1.165) is 16.8 Å². The van der Waals surface area contributed by atoms with E-state index in [1.165, 1.54) is 0 Å². The zero-order valence-corrected chi connectivity index (χ0v) is 15.3. The molecule has 1 amide bonds. The maximum atomic E-state index is 12.7. The summed E-state index contributed by atoms with van der Waals surface area (Å²) in [6.45, 7) is 0.364. The smallest absolute Gasteiger partial charge is 0.251 e. The van der Waals surface area contributed by atoms with Gasteiger partial charge in [-0.1, -0.05) is 41.9 Å². The minimum absolute atomic E-state index is 0.138. The number of amides is 1. The highest BCUT2D eigenvalue weighted by atomic mass is 35.5. The molecule has 0 saturated heterocycles. The van der Waals surface area contributed by atoms with Gasteiger partial charge < -0.3 is 11.1 Å². The second-order valence-electron chi connectivity index (χ2n) is 6.13. The van der Waals surface area contributed by atoms with Crippen LogP contribution in [0.25, 0.3) is 11.3 Å². The molecule has 1 atom stereocenters. The molecule has 2 aromatic carbocycles. The van der Waals surface area contributed by atoms with Gasteiger partial charge in [0.1, 0.15) is 0 Å². The molecule has 6 heteroatoms. The molecule has 26 heavy (non-hydrogen) atoms. The normalized spacial score (nSPS) is 12.0. The summed E-state index contributed by atoms with van der Waals surface area (Å²) >= 11 is 6.31. The minimum Gasteiger partial charge on any atom is -0.348 e. The van der Waals surface area contributed by atoms with Crippen molar-refractivity contribution in [3.63, 3.8) is 0 Å². The minimum atomic E-state index is -0.170. The summed E-state index contributed by atoms with van der Waals surface area (Å²) in [5, 5.41) is 7.74.